The first-order valence-corrected chi connectivity index (χ1v) is 7.56. The van der Waals surface area contributed by atoms with Crippen molar-refractivity contribution in [3.8, 4) is 0 Å². The molecule has 2 rings (SSSR count). The van der Waals surface area contributed by atoms with E-state index in [1.165, 1.54) is 12.1 Å². The van der Waals surface area contributed by atoms with Crippen LogP contribution in [0.5, 0.6) is 0 Å². The van der Waals surface area contributed by atoms with Crippen molar-refractivity contribution in [3.63, 3.8) is 0 Å². The Morgan fingerprint density at radius 1 is 1.13 bits per heavy atom. The number of rotatable bonds is 2. The topological polar surface area (TPSA) is 58.2 Å². The molecule has 1 fully saturated rings. The molecule has 0 aliphatic heterocycles. The predicted octanol–water partition coefficient (Wildman–Crippen LogP) is 3.34. The fourth-order valence-corrected chi connectivity index (χ4v) is 2.73. The SMILES string of the molecule is C[C@H]1CCCC[C@@H]1NC(=O)C(=O)Nc1cccc(C(F)(F)F)c1. The first-order valence-electron chi connectivity index (χ1n) is 7.56. The van der Waals surface area contributed by atoms with Crippen LogP contribution in [0, 0.1) is 5.92 Å². The second-order valence-corrected chi connectivity index (χ2v) is 5.87. The van der Waals surface area contributed by atoms with Gasteiger partial charge in [-0.05, 0) is 37.0 Å². The molecule has 0 radical (unpaired) electrons. The summed E-state index contributed by atoms with van der Waals surface area (Å²) in [7, 11) is 0. The van der Waals surface area contributed by atoms with Gasteiger partial charge in [-0.2, -0.15) is 13.2 Å². The van der Waals surface area contributed by atoms with Crippen molar-refractivity contribution in [2.24, 2.45) is 5.92 Å². The molecule has 0 aromatic heterocycles. The molecule has 2 N–H and O–H groups in total. The summed E-state index contributed by atoms with van der Waals surface area (Å²) >= 11 is 0. The first kappa shape index (κ1) is 17.3. The number of amides is 2. The van der Waals surface area contributed by atoms with Gasteiger partial charge >= 0.3 is 18.0 Å². The van der Waals surface area contributed by atoms with Crippen molar-refractivity contribution in [3.05, 3.63) is 29.8 Å². The van der Waals surface area contributed by atoms with Crippen molar-refractivity contribution in [1.29, 1.82) is 0 Å². The third-order valence-electron chi connectivity index (χ3n) is 4.08. The van der Waals surface area contributed by atoms with Crippen LogP contribution in [0.4, 0.5) is 18.9 Å². The Kier molecular flexibility index (Phi) is 5.28. The van der Waals surface area contributed by atoms with Gasteiger partial charge in [0.1, 0.15) is 0 Å². The van der Waals surface area contributed by atoms with E-state index in [2.05, 4.69) is 10.6 Å². The molecule has 0 saturated heterocycles. The second kappa shape index (κ2) is 7.02. The zero-order valence-corrected chi connectivity index (χ0v) is 12.7. The van der Waals surface area contributed by atoms with Crippen LogP contribution in [-0.2, 0) is 15.8 Å². The van der Waals surface area contributed by atoms with Gasteiger partial charge in [-0.25, -0.2) is 0 Å². The van der Waals surface area contributed by atoms with Gasteiger partial charge in [0.2, 0.25) is 0 Å². The molecule has 1 saturated carbocycles. The number of hydrogen-bond donors (Lipinski definition) is 2. The third kappa shape index (κ3) is 4.71. The number of nitrogens with one attached hydrogen (secondary N) is 2. The highest BCUT2D eigenvalue weighted by Gasteiger charge is 2.31. The van der Waals surface area contributed by atoms with E-state index in [4.69, 9.17) is 0 Å². The van der Waals surface area contributed by atoms with Gasteiger partial charge in [0, 0.05) is 11.7 Å². The lowest BCUT2D eigenvalue weighted by atomic mass is 9.86. The summed E-state index contributed by atoms with van der Waals surface area (Å²) in [4.78, 5) is 23.7. The molecule has 1 aliphatic rings. The maximum absolute atomic E-state index is 12.6. The minimum Gasteiger partial charge on any atom is -0.345 e. The molecule has 1 aliphatic carbocycles. The summed E-state index contributed by atoms with van der Waals surface area (Å²) in [6, 6.07) is 4.13. The maximum Gasteiger partial charge on any atom is 0.416 e. The second-order valence-electron chi connectivity index (χ2n) is 5.87. The molecule has 0 heterocycles. The van der Waals surface area contributed by atoms with Gasteiger partial charge in [-0.3, -0.25) is 9.59 Å². The molecule has 0 spiro atoms. The predicted molar refractivity (Wildman–Crippen MR) is 79.6 cm³/mol. The Hall–Kier alpha value is -2.05. The normalized spacial score (nSPS) is 21.6. The van der Waals surface area contributed by atoms with Crippen LogP contribution in [0.15, 0.2) is 24.3 Å². The van der Waals surface area contributed by atoms with Crippen LogP contribution in [0.3, 0.4) is 0 Å². The average molecular weight is 328 g/mol. The molecule has 0 unspecified atom stereocenters. The van der Waals surface area contributed by atoms with Gasteiger partial charge in [-0.15, -0.1) is 0 Å². The third-order valence-corrected chi connectivity index (χ3v) is 4.08. The van der Waals surface area contributed by atoms with E-state index in [1.807, 2.05) is 6.92 Å². The lowest BCUT2D eigenvalue weighted by Gasteiger charge is -2.29. The molecule has 2 atom stereocenters. The minimum atomic E-state index is -4.50. The number of halogens is 3. The van der Waals surface area contributed by atoms with Crippen LogP contribution < -0.4 is 10.6 Å². The molecule has 2 amide bonds. The molecular weight excluding hydrogens is 309 g/mol. The van der Waals surface area contributed by atoms with Crippen LogP contribution >= 0.6 is 0 Å². The highest BCUT2D eigenvalue weighted by molar-refractivity contribution is 6.39. The Labute approximate surface area is 132 Å². The number of carbonyl (C=O) groups excluding carboxylic acids is 2. The van der Waals surface area contributed by atoms with E-state index in [0.717, 1.165) is 37.8 Å². The van der Waals surface area contributed by atoms with E-state index in [-0.39, 0.29) is 17.6 Å². The van der Waals surface area contributed by atoms with Gasteiger partial charge in [-0.1, -0.05) is 25.8 Å². The van der Waals surface area contributed by atoms with E-state index < -0.39 is 23.6 Å². The van der Waals surface area contributed by atoms with Crippen LogP contribution in [0.25, 0.3) is 0 Å². The molecule has 23 heavy (non-hydrogen) atoms. The Bertz CT molecular complexity index is 587. The molecular formula is C16H19F3N2O2. The highest BCUT2D eigenvalue weighted by Crippen LogP contribution is 2.30. The smallest absolute Gasteiger partial charge is 0.345 e. The quantitative estimate of drug-likeness (QED) is 0.818. The van der Waals surface area contributed by atoms with Crippen molar-refractivity contribution >= 4 is 17.5 Å². The first-order chi connectivity index (χ1) is 10.8. The van der Waals surface area contributed by atoms with Gasteiger partial charge in [0.05, 0.1) is 5.56 Å². The summed E-state index contributed by atoms with van der Waals surface area (Å²) in [5, 5.41) is 4.87. The lowest BCUT2D eigenvalue weighted by molar-refractivity contribution is -0.137. The van der Waals surface area contributed by atoms with Gasteiger partial charge in [0.15, 0.2) is 0 Å². The summed E-state index contributed by atoms with van der Waals surface area (Å²) in [5.41, 5.74) is -0.937. The number of alkyl halides is 3. The zero-order valence-electron chi connectivity index (χ0n) is 12.7. The van der Waals surface area contributed by atoms with Crippen molar-refractivity contribution in [1.82, 2.24) is 5.32 Å². The standard InChI is InChI=1S/C16H19F3N2O2/c1-10-5-2-3-8-13(10)21-15(23)14(22)20-12-7-4-6-11(9-12)16(17,18)19/h4,6-7,9-10,13H,2-3,5,8H2,1H3,(H,20,22)(H,21,23)/t10-,13-/m0/s1. The number of anilines is 1. The summed E-state index contributed by atoms with van der Waals surface area (Å²) < 4.78 is 37.9. The Morgan fingerprint density at radius 3 is 2.48 bits per heavy atom. The lowest BCUT2D eigenvalue weighted by Crippen LogP contribution is -2.45. The Balaban J connectivity index is 1.97. The average Bonchev–Trinajstić information content (AvgIpc) is 2.49. The highest BCUT2D eigenvalue weighted by atomic mass is 19.4. The molecule has 126 valence electrons. The van der Waals surface area contributed by atoms with E-state index in [0.29, 0.717) is 0 Å². The fourth-order valence-electron chi connectivity index (χ4n) is 2.73. The number of benzene rings is 1. The van der Waals surface area contributed by atoms with Crippen LogP contribution in [0.2, 0.25) is 0 Å². The van der Waals surface area contributed by atoms with E-state index in [1.54, 1.807) is 0 Å². The molecule has 4 nitrogen and oxygen atoms in total. The van der Waals surface area contributed by atoms with Crippen LogP contribution in [0.1, 0.15) is 38.2 Å². The van der Waals surface area contributed by atoms with Gasteiger partial charge in [0.25, 0.3) is 0 Å². The van der Waals surface area contributed by atoms with Crippen molar-refractivity contribution in [2.45, 2.75) is 44.8 Å². The van der Waals surface area contributed by atoms with E-state index in [9.17, 15) is 22.8 Å². The summed E-state index contributed by atoms with van der Waals surface area (Å²) in [6.07, 6.45) is -0.612. The number of carbonyl (C=O) groups is 2. The minimum absolute atomic E-state index is 0.0586. The Morgan fingerprint density at radius 2 is 1.83 bits per heavy atom. The molecule has 7 heteroatoms. The molecule has 0 bridgehead atoms. The van der Waals surface area contributed by atoms with Crippen molar-refractivity contribution < 1.29 is 22.8 Å². The van der Waals surface area contributed by atoms with Crippen LogP contribution in [-0.4, -0.2) is 17.9 Å². The molecule has 1 aromatic rings. The fraction of sp³-hybridized carbons (Fsp3) is 0.500. The zero-order chi connectivity index (χ0) is 17.0. The van der Waals surface area contributed by atoms with Gasteiger partial charge < -0.3 is 10.6 Å². The van der Waals surface area contributed by atoms with Crippen molar-refractivity contribution in [2.75, 3.05) is 5.32 Å². The summed E-state index contributed by atoms with van der Waals surface area (Å²) in [5.74, 6) is -1.49. The number of hydrogen-bond acceptors (Lipinski definition) is 2. The van der Waals surface area contributed by atoms with E-state index >= 15 is 0 Å². The maximum atomic E-state index is 12.6. The monoisotopic (exact) mass is 328 g/mol. The summed E-state index contributed by atoms with van der Waals surface area (Å²) in [6.45, 7) is 2.01. The molecule has 1 aromatic carbocycles. The largest absolute Gasteiger partial charge is 0.416 e.